The molecule has 1 aromatic carbocycles. The van der Waals surface area contributed by atoms with Gasteiger partial charge in [0.2, 0.25) is 5.91 Å². The van der Waals surface area contributed by atoms with Crippen LogP contribution in [0.15, 0.2) is 24.3 Å². The molecule has 0 aliphatic rings. The molecular weight excluding hydrogens is 433 g/mol. The number of fused-ring (bicyclic) bond motifs is 1. The number of benzene rings is 1. The van der Waals surface area contributed by atoms with Crippen LogP contribution in [0.4, 0.5) is 5.13 Å². The van der Waals surface area contributed by atoms with Crippen LogP contribution in [0, 0.1) is 6.92 Å². The van der Waals surface area contributed by atoms with Crippen LogP contribution < -0.4 is 4.90 Å². The van der Waals surface area contributed by atoms with E-state index >= 15 is 0 Å². The van der Waals surface area contributed by atoms with Gasteiger partial charge >= 0.3 is 0 Å². The highest BCUT2D eigenvalue weighted by Crippen LogP contribution is 2.36. The van der Waals surface area contributed by atoms with E-state index in [1.54, 1.807) is 4.90 Å². The van der Waals surface area contributed by atoms with E-state index in [1.165, 1.54) is 22.7 Å². The molecule has 0 fully saturated rings. The molecule has 3 rings (SSSR count). The monoisotopic (exact) mass is 455 g/mol. The third-order valence-electron chi connectivity index (χ3n) is 4.71. The van der Waals surface area contributed by atoms with Crippen LogP contribution in [0.1, 0.15) is 24.3 Å². The molecule has 0 saturated carbocycles. The molecule has 4 nitrogen and oxygen atoms in total. The molecule has 2 aromatic heterocycles. The predicted octanol–water partition coefficient (Wildman–Crippen LogP) is 5.89. The van der Waals surface area contributed by atoms with E-state index in [0.717, 1.165) is 40.3 Å². The smallest absolute Gasteiger partial charge is 0.234 e. The minimum atomic E-state index is 0.0264. The number of thiazole rings is 1. The van der Waals surface area contributed by atoms with Gasteiger partial charge in [-0.3, -0.25) is 9.69 Å². The molecule has 0 N–H and O–H groups in total. The van der Waals surface area contributed by atoms with Crippen LogP contribution in [0.5, 0.6) is 0 Å². The Morgan fingerprint density at radius 3 is 2.43 bits per heavy atom. The van der Waals surface area contributed by atoms with Gasteiger partial charge in [0, 0.05) is 18.0 Å². The minimum absolute atomic E-state index is 0.0264. The number of thiophene rings is 1. The molecule has 0 saturated heterocycles. The van der Waals surface area contributed by atoms with Crippen molar-refractivity contribution in [3.8, 4) is 0 Å². The maximum Gasteiger partial charge on any atom is 0.234 e. The topological polar surface area (TPSA) is 36.4 Å². The molecule has 28 heavy (non-hydrogen) atoms. The average Bonchev–Trinajstić information content (AvgIpc) is 3.29. The molecule has 150 valence electrons. The number of carbonyl (C=O) groups excluding carboxylic acids is 1. The van der Waals surface area contributed by atoms with Crippen LogP contribution in [-0.4, -0.2) is 42.0 Å². The number of hydrogen-bond acceptors (Lipinski definition) is 5. The number of anilines is 1. The van der Waals surface area contributed by atoms with Crippen LogP contribution in [0.25, 0.3) is 10.2 Å². The molecule has 1 amide bonds. The van der Waals surface area contributed by atoms with Gasteiger partial charge in [-0.2, -0.15) is 0 Å². The van der Waals surface area contributed by atoms with E-state index in [0.29, 0.717) is 27.5 Å². The molecule has 0 unspecified atom stereocenters. The molecule has 0 radical (unpaired) electrons. The Morgan fingerprint density at radius 2 is 1.82 bits per heavy atom. The second-order valence-electron chi connectivity index (χ2n) is 6.49. The van der Waals surface area contributed by atoms with Crippen molar-refractivity contribution >= 4 is 67.1 Å². The Balaban J connectivity index is 1.92. The summed E-state index contributed by atoms with van der Waals surface area (Å²) in [7, 11) is 0. The number of amides is 1. The number of rotatable bonds is 8. The summed E-state index contributed by atoms with van der Waals surface area (Å²) in [5, 5.41) is 1.37. The van der Waals surface area contributed by atoms with Gasteiger partial charge in [-0.25, -0.2) is 4.98 Å². The Bertz CT molecular complexity index is 927. The number of nitrogens with zero attached hydrogens (tertiary/aromatic N) is 3. The summed E-state index contributed by atoms with van der Waals surface area (Å²) >= 11 is 15.3. The van der Waals surface area contributed by atoms with Gasteiger partial charge in [0.05, 0.1) is 26.0 Å². The molecule has 3 aromatic rings. The van der Waals surface area contributed by atoms with E-state index < -0.39 is 0 Å². The van der Waals surface area contributed by atoms with Crippen molar-refractivity contribution in [3.05, 3.63) is 44.1 Å². The molecule has 0 aliphatic heterocycles. The van der Waals surface area contributed by atoms with Crippen molar-refractivity contribution < 1.29 is 4.79 Å². The van der Waals surface area contributed by atoms with Crippen LogP contribution in [-0.2, 0) is 11.2 Å². The first-order valence-corrected chi connectivity index (χ1v) is 11.6. The van der Waals surface area contributed by atoms with Crippen molar-refractivity contribution in [1.29, 1.82) is 0 Å². The van der Waals surface area contributed by atoms with Gasteiger partial charge in [-0.05, 0) is 43.8 Å². The van der Waals surface area contributed by atoms with Gasteiger partial charge < -0.3 is 4.90 Å². The van der Waals surface area contributed by atoms with Gasteiger partial charge in [0.1, 0.15) is 0 Å². The van der Waals surface area contributed by atoms with E-state index in [4.69, 9.17) is 28.2 Å². The predicted molar refractivity (Wildman–Crippen MR) is 123 cm³/mol. The van der Waals surface area contributed by atoms with Crippen LogP contribution >= 0.6 is 45.9 Å². The Labute approximate surface area is 183 Å². The number of aromatic nitrogens is 1. The largest absolute Gasteiger partial charge is 0.302 e. The highest BCUT2D eigenvalue weighted by atomic mass is 35.5. The standard InChI is InChI=1S/C20H23Cl2N3OS2/c1-4-24(5-2)10-11-25(17(26)12-14-7-9-16(22)27-14)20-23-18-13(3)6-8-15(21)19(18)28-20/h6-9H,4-5,10-12H2,1-3H3. The van der Waals surface area contributed by atoms with Crippen molar-refractivity contribution in [2.75, 3.05) is 31.1 Å². The third kappa shape index (κ3) is 4.86. The third-order valence-corrected chi connectivity index (χ3v) is 7.48. The summed E-state index contributed by atoms with van der Waals surface area (Å²) in [4.78, 5) is 23.0. The first kappa shape index (κ1) is 21.5. The van der Waals surface area contributed by atoms with E-state index in [2.05, 4.69) is 18.7 Å². The van der Waals surface area contributed by atoms with E-state index in [1.807, 2.05) is 31.2 Å². The van der Waals surface area contributed by atoms with Gasteiger partial charge in [0.25, 0.3) is 0 Å². The number of halogens is 2. The number of carbonyl (C=O) groups is 1. The number of likely N-dealkylation sites (N-methyl/N-ethyl adjacent to an activating group) is 1. The zero-order valence-corrected chi connectivity index (χ0v) is 19.3. The zero-order chi connectivity index (χ0) is 20.3. The van der Waals surface area contributed by atoms with Crippen molar-refractivity contribution in [1.82, 2.24) is 9.88 Å². The fraction of sp³-hybridized carbons (Fsp3) is 0.400. The number of aryl methyl sites for hydroxylation is 1. The maximum atomic E-state index is 13.2. The lowest BCUT2D eigenvalue weighted by Crippen LogP contribution is -2.39. The second kappa shape index (κ2) is 9.55. The quantitative estimate of drug-likeness (QED) is 0.424. The summed E-state index contributed by atoms with van der Waals surface area (Å²) in [6.07, 6.45) is 0.318. The van der Waals surface area contributed by atoms with Crippen molar-refractivity contribution in [2.24, 2.45) is 0 Å². The normalized spacial score (nSPS) is 11.5. The molecule has 0 spiro atoms. The number of hydrogen-bond donors (Lipinski definition) is 0. The SMILES string of the molecule is CCN(CC)CCN(C(=O)Cc1ccc(Cl)s1)c1nc2c(C)ccc(Cl)c2s1. The Morgan fingerprint density at radius 1 is 1.07 bits per heavy atom. The minimum Gasteiger partial charge on any atom is -0.302 e. The Kier molecular flexibility index (Phi) is 7.34. The molecule has 0 aliphatic carbocycles. The fourth-order valence-electron chi connectivity index (χ4n) is 3.01. The van der Waals surface area contributed by atoms with Crippen LogP contribution in [0.2, 0.25) is 9.36 Å². The summed E-state index contributed by atoms with van der Waals surface area (Å²) in [6.45, 7) is 9.56. The zero-order valence-electron chi connectivity index (χ0n) is 16.2. The molecular formula is C20H23Cl2N3OS2. The van der Waals surface area contributed by atoms with E-state index in [9.17, 15) is 4.79 Å². The highest BCUT2D eigenvalue weighted by molar-refractivity contribution is 7.23. The van der Waals surface area contributed by atoms with E-state index in [-0.39, 0.29) is 5.91 Å². The van der Waals surface area contributed by atoms with Gasteiger partial charge in [-0.1, -0.05) is 54.5 Å². The first-order chi connectivity index (χ1) is 13.4. The van der Waals surface area contributed by atoms with Crippen molar-refractivity contribution in [2.45, 2.75) is 27.2 Å². The highest BCUT2D eigenvalue weighted by Gasteiger charge is 2.22. The lowest BCUT2D eigenvalue weighted by Gasteiger charge is -2.24. The summed E-state index contributed by atoms with van der Waals surface area (Å²) in [6, 6.07) is 7.59. The molecule has 8 heteroatoms. The summed E-state index contributed by atoms with van der Waals surface area (Å²) < 4.78 is 1.62. The lowest BCUT2D eigenvalue weighted by molar-refractivity contribution is -0.118. The molecule has 0 atom stereocenters. The fourth-order valence-corrected chi connectivity index (χ4v) is 5.44. The summed E-state index contributed by atoms with van der Waals surface area (Å²) in [5.41, 5.74) is 1.93. The average molecular weight is 456 g/mol. The lowest BCUT2D eigenvalue weighted by atomic mass is 10.2. The maximum absolute atomic E-state index is 13.2. The Hall–Kier alpha value is -1.18. The van der Waals surface area contributed by atoms with Gasteiger partial charge in [-0.15, -0.1) is 11.3 Å². The van der Waals surface area contributed by atoms with Gasteiger partial charge in [0.15, 0.2) is 5.13 Å². The molecule has 0 bridgehead atoms. The van der Waals surface area contributed by atoms with Crippen LogP contribution in [0.3, 0.4) is 0 Å². The summed E-state index contributed by atoms with van der Waals surface area (Å²) in [5.74, 6) is 0.0264. The first-order valence-electron chi connectivity index (χ1n) is 9.25. The molecule has 2 heterocycles. The van der Waals surface area contributed by atoms with Crippen molar-refractivity contribution in [3.63, 3.8) is 0 Å². The second-order valence-corrected chi connectivity index (χ2v) is 9.68.